The van der Waals surface area contributed by atoms with E-state index < -0.39 is 11.8 Å². The van der Waals surface area contributed by atoms with Gasteiger partial charge in [-0.3, -0.25) is 9.59 Å². The number of dihydropyridines is 1. The number of allylic oxidation sites excluding steroid dienone is 4. The van der Waals surface area contributed by atoms with Gasteiger partial charge in [-0.25, -0.2) is 0 Å². The Morgan fingerprint density at radius 1 is 1.38 bits per heavy atom. The van der Waals surface area contributed by atoms with Crippen LogP contribution in [0.2, 0.25) is 0 Å². The number of halogens is 1. The molecule has 1 aromatic carbocycles. The molecule has 3 rings (SSSR count). The molecule has 0 aromatic heterocycles. The number of hydrogen-bond donors (Lipinski definition) is 2. The van der Waals surface area contributed by atoms with Crippen LogP contribution in [0.3, 0.4) is 0 Å². The largest absolute Gasteiger partial charge is 0.488 e. The Kier molecular flexibility index (Phi) is 8.56. The zero-order valence-electron chi connectivity index (χ0n) is 19.6. The highest BCUT2D eigenvalue weighted by atomic mass is 79.9. The number of carbonyl (C=O) groups is 2. The van der Waals surface area contributed by atoms with E-state index in [0.29, 0.717) is 58.0 Å². The lowest BCUT2D eigenvalue weighted by Crippen LogP contribution is -2.34. The maximum Gasteiger partial charge on any atom is 0.255 e. The van der Waals surface area contributed by atoms with Gasteiger partial charge < -0.3 is 20.5 Å². The lowest BCUT2D eigenvalue weighted by Gasteiger charge is -2.35. The van der Waals surface area contributed by atoms with Gasteiger partial charge in [-0.15, -0.1) is 6.58 Å². The van der Waals surface area contributed by atoms with Crippen LogP contribution in [-0.2, 0) is 9.59 Å². The molecule has 8 heteroatoms. The SMILES string of the molecule is C=CCCOc1c(Br)cc(C2C(C#N)=C(C)NC3=C2C(=O)CC(CCC)C3)cc1OCC(N)=O. The Hall–Kier alpha value is -3.05. The second-order valence-corrected chi connectivity index (χ2v) is 9.45. The van der Waals surface area contributed by atoms with Crippen LogP contribution >= 0.6 is 15.9 Å². The molecule has 0 saturated carbocycles. The first-order chi connectivity index (χ1) is 16.3. The van der Waals surface area contributed by atoms with Crippen molar-refractivity contribution in [1.29, 1.82) is 5.26 Å². The smallest absolute Gasteiger partial charge is 0.255 e. The van der Waals surface area contributed by atoms with Crippen LogP contribution in [-0.4, -0.2) is 24.9 Å². The van der Waals surface area contributed by atoms with Gasteiger partial charge >= 0.3 is 0 Å². The number of ketones is 1. The summed E-state index contributed by atoms with van der Waals surface area (Å²) in [5, 5.41) is 13.3. The third-order valence-electron chi connectivity index (χ3n) is 6.03. The summed E-state index contributed by atoms with van der Waals surface area (Å²) in [7, 11) is 0. The number of carbonyl (C=O) groups excluding carboxylic acids is 2. The Balaban J connectivity index is 2.11. The maximum absolute atomic E-state index is 13.3. The molecular formula is C26H30BrN3O4. The van der Waals surface area contributed by atoms with Crippen LogP contribution < -0.4 is 20.5 Å². The predicted octanol–water partition coefficient (Wildman–Crippen LogP) is 4.79. The predicted molar refractivity (Wildman–Crippen MR) is 133 cm³/mol. The average molecular weight is 528 g/mol. The van der Waals surface area contributed by atoms with Gasteiger partial charge in [0, 0.05) is 23.4 Å². The molecule has 180 valence electrons. The molecule has 0 saturated heterocycles. The second kappa shape index (κ2) is 11.4. The number of Topliss-reactive ketones (excluding diaryl/α,β-unsaturated/α-hetero) is 1. The summed E-state index contributed by atoms with van der Waals surface area (Å²) in [5.74, 6) is -0.0709. The molecule has 0 radical (unpaired) electrons. The van der Waals surface area contributed by atoms with E-state index in [1.54, 1.807) is 12.1 Å². The fraction of sp³-hybridized carbons (Fsp3) is 0.423. The third kappa shape index (κ3) is 5.53. The summed E-state index contributed by atoms with van der Waals surface area (Å²) in [6, 6.07) is 5.87. The van der Waals surface area contributed by atoms with Gasteiger partial charge in [-0.05, 0) is 65.7 Å². The van der Waals surface area contributed by atoms with Gasteiger partial charge in [0.15, 0.2) is 23.9 Å². The molecule has 3 N–H and O–H groups in total. The van der Waals surface area contributed by atoms with Crippen molar-refractivity contribution >= 4 is 27.6 Å². The molecule has 2 aliphatic rings. The number of hydrogen-bond acceptors (Lipinski definition) is 6. The van der Waals surface area contributed by atoms with Gasteiger partial charge in [0.05, 0.1) is 28.6 Å². The van der Waals surface area contributed by atoms with E-state index in [0.717, 1.165) is 30.7 Å². The van der Waals surface area contributed by atoms with Crippen molar-refractivity contribution in [2.24, 2.45) is 11.7 Å². The van der Waals surface area contributed by atoms with E-state index in [2.05, 4.69) is 40.8 Å². The molecule has 1 aliphatic heterocycles. The number of nitrogens with zero attached hydrogens (tertiary/aromatic N) is 1. The Bertz CT molecular complexity index is 1100. The van der Waals surface area contributed by atoms with Crippen molar-refractivity contribution in [2.75, 3.05) is 13.2 Å². The lowest BCUT2D eigenvalue weighted by atomic mass is 9.72. The monoisotopic (exact) mass is 527 g/mol. The summed E-state index contributed by atoms with van der Waals surface area (Å²) in [4.78, 5) is 24.7. The number of nitriles is 1. The molecule has 0 fully saturated rings. The number of ether oxygens (including phenoxy) is 2. The number of primary amides is 1. The van der Waals surface area contributed by atoms with Crippen LogP contribution in [0.5, 0.6) is 11.5 Å². The van der Waals surface area contributed by atoms with Crippen LogP contribution in [0.15, 0.2) is 51.8 Å². The van der Waals surface area contributed by atoms with E-state index in [1.165, 1.54) is 0 Å². The fourth-order valence-corrected chi connectivity index (χ4v) is 5.18. The first-order valence-electron chi connectivity index (χ1n) is 11.4. The van der Waals surface area contributed by atoms with Crippen LogP contribution in [0.25, 0.3) is 0 Å². The highest BCUT2D eigenvalue weighted by molar-refractivity contribution is 9.10. The molecule has 1 aromatic rings. The number of rotatable bonds is 10. The minimum Gasteiger partial charge on any atom is -0.488 e. The topological polar surface area (TPSA) is 114 Å². The number of amides is 1. The normalized spacial score (nSPS) is 19.8. The van der Waals surface area contributed by atoms with E-state index in [4.69, 9.17) is 15.2 Å². The summed E-state index contributed by atoms with van der Waals surface area (Å²) < 4.78 is 12.1. The summed E-state index contributed by atoms with van der Waals surface area (Å²) >= 11 is 3.55. The van der Waals surface area contributed by atoms with Crippen molar-refractivity contribution in [3.8, 4) is 17.6 Å². The van der Waals surface area contributed by atoms with Crippen LogP contribution in [0, 0.1) is 17.2 Å². The van der Waals surface area contributed by atoms with Crippen LogP contribution in [0.1, 0.15) is 57.4 Å². The third-order valence-corrected chi connectivity index (χ3v) is 6.62. The molecule has 0 spiro atoms. The van der Waals surface area contributed by atoms with Crippen molar-refractivity contribution in [2.45, 2.75) is 51.9 Å². The second-order valence-electron chi connectivity index (χ2n) is 8.60. The van der Waals surface area contributed by atoms with Gasteiger partial charge in [0.1, 0.15) is 0 Å². The van der Waals surface area contributed by atoms with Crippen molar-refractivity contribution in [3.05, 3.63) is 57.4 Å². The molecule has 34 heavy (non-hydrogen) atoms. The number of benzene rings is 1. The Morgan fingerprint density at radius 3 is 2.79 bits per heavy atom. The van der Waals surface area contributed by atoms with E-state index in [1.807, 2.05) is 13.0 Å². The Labute approximate surface area is 208 Å². The van der Waals surface area contributed by atoms with Crippen molar-refractivity contribution < 1.29 is 19.1 Å². The van der Waals surface area contributed by atoms with Crippen molar-refractivity contribution in [3.63, 3.8) is 0 Å². The number of nitrogens with two attached hydrogens (primary N) is 1. The van der Waals surface area contributed by atoms with E-state index in [-0.39, 0.29) is 12.4 Å². The molecule has 1 aliphatic carbocycles. The summed E-state index contributed by atoms with van der Waals surface area (Å²) in [5.41, 5.74) is 8.73. The highest BCUT2D eigenvalue weighted by Crippen LogP contribution is 2.47. The average Bonchev–Trinajstić information content (AvgIpc) is 2.78. The summed E-state index contributed by atoms with van der Waals surface area (Å²) in [6.45, 7) is 7.72. The first-order valence-corrected chi connectivity index (χ1v) is 12.2. The van der Waals surface area contributed by atoms with Gasteiger partial charge in [0.2, 0.25) is 0 Å². The highest BCUT2D eigenvalue weighted by Gasteiger charge is 2.39. The molecule has 1 heterocycles. The maximum atomic E-state index is 13.3. The molecule has 0 bridgehead atoms. The molecule has 1 amide bonds. The number of nitrogens with one attached hydrogen (secondary N) is 1. The first kappa shape index (κ1) is 25.6. The lowest BCUT2D eigenvalue weighted by molar-refractivity contribution is -0.120. The van der Waals surface area contributed by atoms with Crippen LogP contribution in [0.4, 0.5) is 0 Å². The minimum absolute atomic E-state index is 0.0551. The minimum atomic E-state index is -0.622. The molecule has 2 atom stereocenters. The molecule has 2 unspecified atom stereocenters. The quantitative estimate of drug-likeness (QED) is 0.334. The van der Waals surface area contributed by atoms with Gasteiger partial charge in [-0.2, -0.15) is 5.26 Å². The van der Waals surface area contributed by atoms with E-state index >= 15 is 0 Å². The zero-order valence-corrected chi connectivity index (χ0v) is 21.2. The van der Waals surface area contributed by atoms with Gasteiger partial charge in [-0.1, -0.05) is 19.4 Å². The zero-order chi connectivity index (χ0) is 24.8. The van der Waals surface area contributed by atoms with E-state index in [9.17, 15) is 14.9 Å². The van der Waals surface area contributed by atoms with Crippen molar-refractivity contribution in [1.82, 2.24) is 5.32 Å². The summed E-state index contributed by atoms with van der Waals surface area (Å²) in [6.07, 6.45) is 5.61. The standard InChI is InChI=1S/C26H30BrN3O4/c1-4-6-8-33-26-19(27)11-17(12-22(26)34-14-23(29)32)24-18(13-28)15(3)30-20-9-16(7-5-2)10-21(31)25(20)24/h4,11-12,16,24,30H,1,5-10,14H2,2-3H3,(H2,29,32). The fourth-order valence-electron chi connectivity index (χ4n) is 4.61. The Morgan fingerprint density at radius 2 is 2.15 bits per heavy atom. The molecule has 7 nitrogen and oxygen atoms in total. The van der Waals surface area contributed by atoms with Gasteiger partial charge in [0.25, 0.3) is 5.91 Å². The molecular weight excluding hydrogens is 498 g/mol.